The van der Waals surface area contributed by atoms with Gasteiger partial charge in [0, 0.05) is 24.1 Å². The first kappa shape index (κ1) is 16.5. The van der Waals surface area contributed by atoms with E-state index in [2.05, 4.69) is 10.3 Å². The van der Waals surface area contributed by atoms with E-state index in [0.717, 1.165) is 17.0 Å². The molecule has 2 aromatic carbocycles. The van der Waals surface area contributed by atoms with Crippen molar-refractivity contribution >= 4 is 11.6 Å². The van der Waals surface area contributed by atoms with Crippen LogP contribution in [0.25, 0.3) is 11.5 Å². The molecular weight excluding hydrogens is 314 g/mol. The second-order valence-corrected chi connectivity index (χ2v) is 5.63. The summed E-state index contributed by atoms with van der Waals surface area (Å²) in [5.41, 5.74) is 2.93. The first-order chi connectivity index (χ1) is 12.2. The molecule has 25 heavy (non-hydrogen) atoms. The molecule has 1 heterocycles. The third-order valence-electron chi connectivity index (χ3n) is 3.80. The first-order valence-electron chi connectivity index (χ1n) is 7.97. The summed E-state index contributed by atoms with van der Waals surface area (Å²) in [5, 5.41) is 11.6. The number of aryl methyl sites for hydroxylation is 2. The van der Waals surface area contributed by atoms with Crippen molar-refractivity contribution in [3.8, 4) is 17.5 Å². The molecule has 3 rings (SSSR count). The average molecular weight is 331 g/mol. The van der Waals surface area contributed by atoms with Crippen molar-refractivity contribution in [2.24, 2.45) is 0 Å². The van der Waals surface area contributed by atoms with Gasteiger partial charge in [-0.3, -0.25) is 4.79 Å². The Hall–Kier alpha value is -3.39. The molecule has 0 fully saturated rings. The van der Waals surface area contributed by atoms with Crippen LogP contribution in [-0.2, 0) is 11.2 Å². The molecule has 5 nitrogen and oxygen atoms in total. The molecule has 0 spiro atoms. The Bertz CT molecular complexity index is 906. The summed E-state index contributed by atoms with van der Waals surface area (Å²) >= 11 is 0. The van der Waals surface area contributed by atoms with E-state index in [9.17, 15) is 4.79 Å². The molecule has 0 unspecified atom stereocenters. The van der Waals surface area contributed by atoms with Crippen molar-refractivity contribution in [3.63, 3.8) is 0 Å². The highest BCUT2D eigenvalue weighted by Gasteiger charge is 2.13. The largest absolute Gasteiger partial charge is 0.441 e. The van der Waals surface area contributed by atoms with Crippen LogP contribution >= 0.6 is 0 Å². The van der Waals surface area contributed by atoms with Gasteiger partial charge in [-0.15, -0.1) is 0 Å². The number of rotatable bonds is 5. The minimum atomic E-state index is -0.103. The maximum Gasteiger partial charge on any atom is 0.226 e. The standard InChI is InChI=1S/C20H17N3O2/c1-14-18(23-20(25-14)16-5-3-2-4-6-16)11-12-19(24)22-17-9-7-15(13-21)8-10-17/h2-10H,11-12H2,1H3,(H,22,24). The molecule has 0 aliphatic carbocycles. The molecule has 1 N–H and O–H groups in total. The van der Waals surface area contributed by atoms with Crippen LogP contribution in [0, 0.1) is 18.3 Å². The Morgan fingerprint density at radius 2 is 1.88 bits per heavy atom. The van der Waals surface area contributed by atoms with Gasteiger partial charge in [0.05, 0.1) is 17.3 Å². The molecule has 0 aliphatic rings. The molecule has 3 aromatic rings. The summed E-state index contributed by atoms with van der Waals surface area (Å²) < 4.78 is 5.70. The van der Waals surface area contributed by atoms with E-state index >= 15 is 0 Å². The molecule has 1 amide bonds. The molecule has 124 valence electrons. The minimum Gasteiger partial charge on any atom is -0.441 e. The van der Waals surface area contributed by atoms with Crippen LogP contribution in [0.2, 0.25) is 0 Å². The SMILES string of the molecule is Cc1oc(-c2ccccc2)nc1CCC(=O)Nc1ccc(C#N)cc1. The molecule has 0 atom stereocenters. The lowest BCUT2D eigenvalue weighted by Gasteiger charge is -2.04. The van der Waals surface area contributed by atoms with Crippen LogP contribution in [0.1, 0.15) is 23.4 Å². The maximum absolute atomic E-state index is 12.1. The van der Waals surface area contributed by atoms with E-state index in [4.69, 9.17) is 9.68 Å². The molecule has 1 aromatic heterocycles. The van der Waals surface area contributed by atoms with Crippen LogP contribution in [0.4, 0.5) is 5.69 Å². The fourth-order valence-electron chi connectivity index (χ4n) is 2.45. The topological polar surface area (TPSA) is 78.9 Å². The van der Waals surface area contributed by atoms with E-state index in [1.807, 2.05) is 43.3 Å². The summed E-state index contributed by atoms with van der Waals surface area (Å²) in [6, 6.07) is 18.5. The van der Waals surface area contributed by atoms with Crippen molar-refractivity contribution in [2.75, 3.05) is 5.32 Å². The van der Waals surface area contributed by atoms with Gasteiger partial charge in [0.15, 0.2) is 0 Å². The second kappa shape index (κ2) is 7.45. The normalized spacial score (nSPS) is 10.2. The Kier molecular flexibility index (Phi) is 4.91. The summed E-state index contributed by atoms with van der Waals surface area (Å²) in [6.45, 7) is 1.85. The monoisotopic (exact) mass is 331 g/mol. The van der Waals surface area contributed by atoms with E-state index in [-0.39, 0.29) is 5.91 Å². The number of amides is 1. The minimum absolute atomic E-state index is 0.103. The summed E-state index contributed by atoms with van der Waals surface area (Å²) in [4.78, 5) is 16.6. The molecule has 0 radical (unpaired) electrons. The van der Waals surface area contributed by atoms with Crippen LogP contribution in [0.15, 0.2) is 59.0 Å². The number of nitrogens with one attached hydrogen (secondary N) is 1. The maximum atomic E-state index is 12.1. The predicted octanol–water partition coefficient (Wildman–Crippen LogP) is 4.09. The van der Waals surface area contributed by atoms with Crippen LogP contribution in [0.3, 0.4) is 0 Å². The van der Waals surface area contributed by atoms with Gasteiger partial charge in [0.1, 0.15) is 5.76 Å². The van der Waals surface area contributed by atoms with E-state index in [0.29, 0.717) is 30.0 Å². The number of nitriles is 1. The third kappa shape index (κ3) is 4.12. The molecular formula is C20H17N3O2. The Morgan fingerprint density at radius 1 is 1.16 bits per heavy atom. The Balaban J connectivity index is 1.60. The van der Waals surface area contributed by atoms with E-state index in [1.54, 1.807) is 24.3 Å². The highest BCUT2D eigenvalue weighted by molar-refractivity contribution is 5.90. The molecule has 0 aliphatic heterocycles. The van der Waals surface area contributed by atoms with E-state index < -0.39 is 0 Å². The van der Waals surface area contributed by atoms with Crippen molar-refractivity contribution in [1.82, 2.24) is 4.98 Å². The average Bonchev–Trinajstić information content (AvgIpc) is 3.02. The fourth-order valence-corrected chi connectivity index (χ4v) is 2.45. The summed E-state index contributed by atoms with van der Waals surface area (Å²) in [5.74, 6) is 1.19. The molecule has 0 saturated heterocycles. The predicted molar refractivity (Wildman–Crippen MR) is 94.8 cm³/mol. The number of carbonyl (C=O) groups excluding carboxylic acids is 1. The Labute approximate surface area is 145 Å². The first-order valence-corrected chi connectivity index (χ1v) is 7.97. The number of nitrogens with zero attached hydrogens (tertiary/aromatic N) is 2. The van der Waals surface area contributed by atoms with Gasteiger partial charge in [0.25, 0.3) is 0 Å². The van der Waals surface area contributed by atoms with Gasteiger partial charge in [-0.05, 0) is 43.3 Å². The van der Waals surface area contributed by atoms with Crippen LogP contribution < -0.4 is 5.32 Å². The number of hydrogen-bond donors (Lipinski definition) is 1. The molecule has 0 bridgehead atoms. The van der Waals surface area contributed by atoms with Crippen LogP contribution in [-0.4, -0.2) is 10.9 Å². The van der Waals surface area contributed by atoms with Gasteiger partial charge < -0.3 is 9.73 Å². The number of oxazole rings is 1. The summed E-state index contributed by atoms with van der Waals surface area (Å²) in [6.07, 6.45) is 0.811. The highest BCUT2D eigenvalue weighted by atomic mass is 16.4. The lowest BCUT2D eigenvalue weighted by molar-refractivity contribution is -0.116. The number of benzene rings is 2. The van der Waals surface area contributed by atoms with Crippen molar-refractivity contribution in [2.45, 2.75) is 19.8 Å². The second-order valence-electron chi connectivity index (χ2n) is 5.63. The number of hydrogen-bond acceptors (Lipinski definition) is 4. The lowest BCUT2D eigenvalue weighted by atomic mass is 10.2. The number of carbonyl (C=O) groups is 1. The van der Waals surface area contributed by atoms with Crippen molar-refractivity contribution in [3.05, 3.63) is 71.6 Å². The van der Waals surface area contributed by atoms with Gasteiger partial charge in [-0.25, -0.2) is 4.98 Å². The zero-order valence-corrected chi connectivity index (χ0v) is 13.8. The fraction of sp³-hybridized carbons (Fsp3) is 0.150. The van der Waals surface area contributed by atoms with Gasteiger partial charge >= 0.3 is 0 Å². The van der Waals surface area contributed by atoms with Crippen molar-refractivity contribution in [1.29, 1.82) is 5.26 Å². The molecule has 5 heteroatoms. The smallest absolute Gasteiger partial charge is 0.226 e. The van der Waals surface area contributed by atoms with Crippen LogP contribution in [0.5, 0.6) is 0 Å². The zero-order valence-electron chi connectivity index (χ0n) is 13.8. The van der Waals surface area contributed by atoms with Crippen molar-refractivity contribution < 1.29 is 9.21 Å². The van der Waals surface area contributed by atoms with E-state index in [1.165, 1.54) is 0 Å². The van der Waals surface area contributed by atoms with Gasteiger partial charge in [-0.1, -0.05) is 18.2 Å². The number of anilines is 1. The molecule has 0 saturated carbocycles. The summed E-state index contributed by atoms with van der Waals surface area (Å²) in [7, 11) is 0. The lowest BCUT2D eigenvalue weighted by Crippen LogP contribution is -2.12. The van der Waals surface area contributed by atoms with Gasteiger partial charge in [0.2, 0.25) is 11.8 Å². The Morgan fingerprint density at radius 3 is 2.56 bits per heavy atom. The quantitative estimate of drug-likeness (QED) is 0.763. The third-order valence-corrected chi connectivity index (χ3v) is 3.80. The van der Waals surface area contributed by atoms with Gasteiger partial charge in [-0.2, -0.15) is 5.26 Å². The highest BCUT2D eigenvalue weighted by Crippen LogP contribution is 2.22. The number of aromatic nitrogens is 1. The zero-order chi connectivity index (χ0) is 17.6.